The van der Waals surface area contributed by atoms with Gasteiger partial charge in [-0.1, -0.05) is 23.5 Å². The van der Waals surface area contributed by atoms with Crippen LogP contribution < -0.4 is 10.1 Å². The Morgan fingerprint density at radius 1 is 1.11 bits per heavy atom. The van der Waals surface area contributed by atoms with Gasteiger partial charge in [0, 0.05) is 10.9 Å². The van der Waals surface area contributed by atoms with Crippen LogP contribution in [0.2, 0.25) is 0 Å². The van der Waals surface area contributed by atoms with Crippen molar-refractivity contribution >= 4 is 43.9 Å². The molecule has 27 heavy (non-hydrogen) atoms. The van der Waals surface area contributed by atoms with Gasteiger partial charge in [0.2, 0.25) is 5.91 Å². The van der Waals surface area contributed by atoms with Crippen LogP contribution in [0.1, 0.15) is 12.6 Å². The molecule has 0 spiro atoms. The Kier molecular flexibility index (Phi) is 5.13. The molecule has 136 valence electrons. The molecule has 0 bridgehead atoms. The van der Waals surface area contributed by atoms with E-state index in [9.17, 15) is 4.79 Å². The second-order valence-electron chi connectivity index (χ2n) is 5.81. The highest BCUT2D eigenvalue weighted by Crippen LogP contribution is 2.27. The first kappa shape index (κ1) is 17.6. The first-order chi connectivity index (χ1) is 13.2. The van der Waals surface area contributed by atoms with E-state index >= 15 is 0 Å². The number of carbonyl (C=O) groups excluding carboxylic acids is 1. The van der Waals surface area contributed by atoms with Gasteiger partial charge in [0.15, 0.2) is 5.13 Å². The number of anilines is 1. The van der Waals surface area contributed by atoms with E-state index in [1.165, 1.54) is 22.7 Å². The molecule has 2 heterocycles. The van der Waals surface area contributed by atoms with Crippen LogP contribution in [0.3, 0.4) is 0 Å². The number of aromatic nitrogens is 2. The first-order valence-electron chi connectivity index (χ1n) is 8.54. The Hall–Kier alpha value is -2.77. The number of amides is 1. The molecule has 0 aliphatic rings. The second-order valence-corrected chi connectivity index (χ2v) is 7.70. The topological polar surface area (TPSA) is 64.1 Å². The van der Waals surface area contributed by atoms with E-state index in [-0.39, 0.29) is 12.3 Å². The Balaban J connectivity index is 1.41. The Morgan fingerprint density at radius 3 is 2.70 bits per heavy atom. The fourth-order valence-electron chi connectivity index (χ4n) is 2.63. The van der Waals surface area contributed by atoms with Gasteiger partial charge in [0.05, 0.1) is 28.9 Å². The summed E-state index contributed by atoms with van der Waals surface area (Å²) < 4.78 is 6.51. The maximum atomic E-state index is 12.3. The number of rotatable bonds is 6. The van der Waals surface area contributed by atoms with Crippen molar-refractivity contribution in [3.05, 3.63) is 59.6 Å². The molecule has 1 amide bonds. The van der Waals surface area contributed by atoms with Gasteiger partial charge in [0.25, 0.3) is 0 Å². The zero-order chi connectivity index (χ0) is 18.6. The van der Waals surface area contributed by atoms with E-state index in [4.69, 9.17) is 4.74 Å². The number of hydrogen-bond donors (Lipinski definition) is 1. The fraction of sp³-hybridized carbons (Fsp3) is 0.150. The highest BCUT2D eigenvalue weighted by molar-refractivity contribution is 7.22. The largest absolute Gasteiger partial charge is 0.494 e. The molecule has 0 radical (unpaired) electrons. The number of benzene rings is 2. The van der Waals surface area contributed by atoms with Crippen molar-refractivity contribution < 1.29 is 9.53 Å². The second kappa shape index (κ2) is 7.85. The van der Waals surface area contributed by atoms with E-state index in [1.807, 2.05) is 60.8 Å². The average Bonchev–Trinajstić information content (AvgIpc) is 3.29. The van der Waals surface area contributed by atoms with E-state index < -0.39 is 0 Å². The number of hydrogen-bond acceptors (Lipinski definition) is 6. The van der Waals surface area contributed by atoms with Crippen LogP contribution in [-0.2, 0) is 11.2 Å². The number of fused-ring (bicyclic) bond motifs is 1. The monoisotopic (exact) mass is 395 g/mol. The Bertz CT molecular complexity index is 1040. The molecule has 0 unspecified atom stereocenters. The molecule has 0 saturated heterocycles. The zero-order valence-electron chi connectivity index (χ0n) is 14.6. The Labute approximate surface area is 164 Å². The maximum Gasteiger partial charge on any atom is 0.232 e. The zero-order valence-corrected chi connectivity index (χ0v) is 16.3. The standard InChI is InChI=1S/C20H17N3O2S2/c1-2-25-15-9-7-13(8-10-15)19-21-14(12-26-19)11-18(24)23-20-22-16-5-3-4-6-17(16)27-20/h3-10,12H,2,11H2,1H3,(H,22,23,24). The fourth-order valence-corrected chi connectivity index (χ4v) is 4.34. The summed E-state index contributed by atoms with van der Waals surface area (Å²) in [4.78, 5) is 21.3. The molecule has 4 rings (SSSR count). The molecule has 0 atom stereocenters. The van der Waals surface area contributed by atoms with Crippen LogP contribution in [0.4, 0.5) is 5.13 Å². The van der Waals surface area contributed by atoms with Crippen molar-refractivity contribution in [2.75, 3.05) is 11.9 Å². The molecular formula is C20H17N3O2S2. The number of carbonyl (C=O) groups is 1. The lowest BCUT2D eigenvalue weighted by molar-refractivity contribution is -0.115. The Morgan fingerprint density at radius 2 is 1.93 bits per heavy atom. The van der Waals surface area contributed by atoms with Crippen LogP contribution >= 0.6 is 22.7 Å². The summed E-state index contributed by atoms with van der Waals surface area (Å²) in [5.74, 6) is 0.728. The molecule has 1 N–H and O–H groups in total. The summed E-state index contributed by atoms with van der Waals surface area (Å²) in [6.45, 7) is 2.60. The average molecular weight is 396 g/mol. The van der Waals surface area contributed by atoms with Crippen molar-refractivity contribution in [3.63, 3.8) is 0 Å². The lowest BCUT2D eigenvalue weighted by Gasteiger charge is -2.03. The summed E-state index contributed by atoms with van der Waals surface area (Å²) in [6, 6.07) is 15.6. The van der Waals surface area contributed by atoms with Gasteiger partial charge in [-0.2, -0.15) is 0 Å². The van der Waals surface area contributed by atoms with Crippen molar-refractivity contribution in [1.82, 2.24) is 9.97 Å². The number of thiazole rings is 2. The van der Waals surface area contributed by atoms with Gasteiger partial charge >= 0.3 is 0 Å². The predicted molar refractivity (Wildman–Crippen MR) is 111 cm³/mol. The molecule has 5 nitrogen and oxygen atoms in total. The smallest absolute Gasteiger partial charge is 0.232 e. The summed E-state index contributed by atoms with van der Waals surface area (Å²) in [5.41, 5.74) is 2.66. The van der Waals surface area contributed by atoms with E-state index in [2.05, 4.69) is 15.3 Å². The summed E-state index contributed by atoms with van der Waals surface area (Å²) in [6.07, 6.45) is 0.226. The number of para-hydroxylation sites is 1. The quantitative estimate of drug-likeness (QED) is 0.499. The molecule has 0 aliphatic carbocycles. The molecule has 0 aliphatic heterocycles. The van der Waals surface area contributed by atoms with Crippen molar-refractivity contribution in [3.8, 4) is 16.3 Å². The lowest BCUT2D eigenvalue weighted by atomic mass is 10.2. The van der Waals surface area contributed by atoms with E-state index in [0.29, 0.717) is 11.7 Å². The van der Waals surface area contributed by atoms with E-state index in [0.717, 1.165) is 32.2 Å². The van der Waals surface area contributed by atoms with Gasteiger partial charge < -0.3 is 10.1 Å². The molecule has 2 aromatic heterocycles. The van der Waals surface area contributed by atoms with Gasteiger partial charge in [-0.15, -0.1) is 11.3 Å². The van der Waals surface area contributed by atoms with Gasteiger partial charge in [0.1, 0.15) is 10.8 Å². The summed E-state index contributed by atoms with van der Waals surface area (Å²) >= 11 is 3.00. The normalized spacial score (nSPS) is 10.9. The third kappa shape index (κ3) is 4.15. The van der Waals surface area contributed by atoms with Crippen molar-refractivity contribution in [2.24, 2.45) is 0 Å². The molecule has 2 aromatic carbocycles. The maximum absolute atomic E-state index is 12.3. The van der Waals surface area contributed by atoms with Crippen LogP contribution in [-0.4, -0.2) is 22.5 Å². The molecule has 7 heteroatoms. The minimum absolute atomic E-state index is 0.113. The highest BCUT2D eigenvalue weighted by Gasteiger charge is 2.11. The van der Waals surface area contributed by atoms with Crippen LogP contribution in [0.15, 0.2) is 53.9 Å². The van der Waals surface area contributed by atoms with Gasteiger partial charge in [-0.3, -0.25) is 4.79 Å². The highest BCUT2D eigenvalue weighted by atomic mass is 32.1. The molecular weight excluding hydrogens is 378 g/mol. The number of ether oxygens (including phenoxy) is 1. The lowest BCUT2D eigenvalue weighted by Crippen LogP contribution is -2.14. The molecule has 0 fully saturated rings. The van der Waals surface area contributed by atoms with Crippen LogP contribution in [0.5, 0.6) is 5.75 Å². The van der Waals surface area contributed by atoms with Crippen molar-refractivity contribution in [1.29, 1.82) is 0 Å². The SMILES string of the molecule is CCOc1ccc(-c2nc(CC(=O)Nc3nc4ccccc4s3)cs2)cc1. The third-order valence-electron chi connectivity index (χ3n) is 3.85. The minimum Gasteiger partial charge on any atom is -0.494 e. The molecule has 0 saturated carbocycles. The van der Waals surface area contributed by atoms with E-state index in [1.54, 1.807) is 0 Å². The summed E-state index contributed by atoms with van der Waals surface area (Å²) in [5, 5.41) is 6.29. The number of nitrogens with zero attached hydrogens (tertiary/aromatic N) is 2. The van der Waals surface area contributed by atoms with Gasteiger partial charge in [-0.05, 0) is 43.3 Å². The first-order valence-corrected chi connectivity index (χ1v) is 10.2. The predicted octanol–water partition coefficient (Wildman–Crippen LogP) is 5.00. The van der Waals surface area contributed by atoms with Crippen LogP contribution in [0.25, 0.3) is 20.8 Å². The van der Waals surface area contributed by atoms with Crippen LogP contribution in [0, 0.1) is 0 Å². The molecule has 4 aromatic rings. The third-order valence-corrected chi connectivity index (χ3v) is 5.74. The van der Waals surface area contributed by atoms with Gasteiger partial charge in [-0.25, -0.2) is 9.97 Å². The van der Waals surface area contributed by atoms with Crippen molar-refractivity contribution in [2.45, 2.75) is 13.3 Å². The number of nitrogens with one attached hydrogen (secondary N) is 1. The summed E-state index contributed by atoms with van der Waals surface area (Å²) in [7, 11) is 0. The minimum atomic E-state index is -0.113.